The van der Waals surface area contributed by atoms with Crippen molar-refractivity contribution in [1.82, 2.24) is 3.71 Å². The standard InChI is InChI=1S/C18H21NO4S2/c1-5-14(2)19(24-17-10-6-15(22-3)7-11-17)25(20,21)18-12-8-16(23-4)9-13-18/h5-14H,1H2,2-4H3. The summed E-state index contributed by atoms with van der Waals surface area (Å²) in [5.41, 5.74) is 0. The highest BCUT2D eigenvalue weighted by atomic mass is 32.3. The fourth-order valence-corrected chi connectivity index (χ4v) is 4.87. The monoisotopic (exact) mass is 379 g/mol. The van der Waals surface area contributed by atoms with Crippen LogP contribution in [0.5, 0.6) is 11.5 Å². The number of ether oxygens (including phenoxy) is 2. The number of hydrogen-bond acceptors (Lipinski definition) is 5. The summed E-state index contributed by atoms with van der Waals surface area (Å²) in [5.74, 6) is 1.32. The SMILES string of the molecule is C=CC(C)N(Sc1ccc(OC)cc1)S(=O)(=O)c1ccc(OC)cc1. The van der Waals surface area contributed by atoms with E-state index in [1.807, 2.05) is 12.1 Å². The number of benzene rings is 2. The minimum Gasteiger partial charge on any atom is -0.497 e. The molecule has 0 bridgehead atoms. The Hall–Kier alpha value is -1.96. The molecule has 0 heterocycles. The van der Waals surface area contributed by atoms with Crippen LogP contribution >= 0.6 is 11.9 Å². The molecule has 0 spiro atoms. The van der Waals surface area contributed by atoms with Gasteiger partial charge in [0.25, 0.3) is 10.0 Å². The molecule has 0 aliphatic carbocycles. The highest BCUT2D eigenvalue weighted by molar-refractivity contribution is 8.08. The normalized spacial score (nSPS) is 12.6. The van der Waals surface area contributed by atoms with E-state index < -0.39 is 10.0 Å². The van der Waals surface area contributed by atoms with E-state index in [2.05, 4.69) is 6.58 Å². The van der Waals surface area contributed by atoms with Gasteiger partial charge in [-0.15, -0.1) is 10.3 Å². The highest BCUT2D eigenvalue weighted by Gasteiger charge is 2.29. The zero-order valence-electron chi connectivity index (χ0n) is 14.4. The van der Waals surface area contributed by atoms with Crippen molar-refractivity contribution < 1.29 is 17.9 Å². The van der Waals surface area contributed by atoms with Gasteiger partial charge in [-0.2, -0.15) is 0 Å². The predicted octanol–water partition coefficient (Wildman–Crippen LogP) is 3.98. The fraction of sp³-hybridized carbons (Fsp3) is 0.222. The molecule has 0 N–H and O–H groups in total. The molecule has 1 unspecified atom stereocenters. The summed E-state index contributed by atoms with van der Waals surface area (Å²) in [6.07, 6.45) is 1.59. The van der Waals surface area contributed by atoms with Gasteiger partial charge in [0.05, 0.1) is 25.2 Å². The molecule has 134 valence electrons. The van der Waals surface area contributed by atoms with Crippen molar-refractivity contribution in [2.45, 2.75) is 22.8 Å². The third-order valence-electron chi connectivity index (χ3n) is 3.52. The Kier molecular flexibility index (Phi) is 6.52. The first-order chi connectivity index (χ1) is 11.9. The van der Waals surface area contributed by atoms with Gasteiger partial charge in [0.15, 0.2) is 0 Å². The number of sulfonamides is 1. The molecule has 2 aromatic rings. The zero-order valence-corrected chi connectivity index (χ0v) is 16.0. The molecule has 0 aliphatic rings. The van der Waals surface area contributed by atoms with Gasteiger partial charge in [-0.3, -0.25) is 0 Å². The van der Waals surface area contributed by atoms with Crippen molar-refractivity contribution in [3.8, 4) is 11.5 Å². The summed E-state index contributed by atoms with van der Waals surface area (Å²) in [4.78, 5) is 0.981. The maximum Gasteiger partial charge on any atom is 0.253 e. The van der Waals surface area contributed by atoms with Gasteiger partial charge in [0, 0.05) is 4.90 Å². The maximum absolute atomic E-state index is 13.1. The van der Waals surface area contributed by atoms with Crippen LogP contribution in [0.1, 0.15) is 6.92 Å². The lowest BCUT2D eigenvalue weighted by atomic mass is 10.3. The molecule has 0 fully saturated rings. The van der Waals surface area contributed by atoms with Gasteiger partial charge >= 0.3 is 0 Å². The predicted molar refractivity (Wildman–Crippen MR) is 101 cm³/mol. The van der Waals surface area contributed by atoms with Gasteiger partial charge in [-0.1, -0.05) is 6.08 Å². The van der Waals surface area contributed by atoms with Crippen LogP contribution < -0.4 is 9.47 Å². The van der Waals surface area contributed by atoms with E-state index in [1.54, 1.807) is 44.4 Å². The van der Waals surface area contributed by atoms with E-state index in [4.69, 9.17) is 9.47 Å². The van der Waals surface area contributed by atoms with E-state index in [9.17, 15) is 8.42 Å². The van der Waals surface area contributed by atoms with Gasteiger partial charge in [0.1, 0.15) is 11.5 Å². The summed E-state index contributed by atoms with van der Waals surface area (Å²) in [6.45, 7) is 5.51. The summed E-state index contributed by atoms with van der Waals surface area (Å²) in [7, 11) is -0.591. The van der Waals surface area contributed by atoms with Crippen LogP contribution in [-0.4, -0.2) is 32.4 Å². The van der Waals surface area contributed by atoms with Crippen LogP contribution in [0.25, 0.3) is 0 Å². The highest BCUT2D eigenvalue weighted by Crippen LogP contribution is 2.33. The van der Waals surface area contributed by atoms with Crippen LogP contribution in [0.2, 0.25) is 0 Å². The van der Waals surface area contributed by atoms with Crippen LogP contribution in [0, 0.1) is 0 Å². The molecule has 0 aliphatic heterocycles. The first kappa shape index (κ1) is 19.4. The van der Waals surface area contributed by atoms with Crippen LogP contribution in [0.3, 0.4) is 0 Å². The summed E-state index contributed by atoms with van der Waals surface area (Å²) in [6, 6.07) is 13.1. The van der Waals surface area contributed by atoms with Crippen molar-refractivity contribution >= 4 is 22.0 Å². The number of methoxy groups -OCH3 is 2. The Morgan fingerprint density at radius 1 is 1.00 bits per heavy atom. The third-order valence-corrected chi connectivity index (χ3v) is 7.00. The average Bonchev–Trinajstić information content (AvgIpc) is 2.65. The molecule has 2 aromatic carbocycles. The molecular weight excluding hydrogens is 358 g/mol. The van der Waals surface area contributed by atoms with Crippen LogP contribution in [-0.2, 0) is 10.0 Å². The van der Waals surface area contributed by atoms with Gasteiger partial charge < -0.3 is 9.47 Å². The molecule has 1 atom stereocenters. The molecule has 0 saturated heterocycles. The van der Waals surface area contributed by atoms with Crippen molar-refractivity contribution in [2.24, 2.45) is 0 Å². The third kappa shape index (κ3) is 4.56. The minimum absolute atomic E-state index is 0.197. The van der Waals surface area contributed by atoms with Crippen molar-refractivity contribution in [3.05, 3.63) is 61.2 Å². The quantitative estimate of drug-likeness (QED) is 0.513. The molecule has 5 nitrogen and oxygen atoms in total. The summed E-state index contributed by atoms with van der Waals surface area (Å²) in [5, 5.41) is 0. The number of rotatable bonds is 8. The lowest BCUT2D eigenvalue weighted by Gasteiger charge is -2.25. The van der Waals surface area contributed by atoms with E-state index >= 15 is 0 Å². The fourth-order valence-electron chi connectivity index (χ4n) is 2.03. The maximum atomic E-state index is 13.1. The molecule has 7 heteroatoms. The first-order valence-electron chi connectivity index (χ1n) is 7.55. The first-order valence-corrected chi connectivity index (χ1v) is 9.76. The van der Waals surface area contributed by atoms with E-state index in [0.717, 1.165) is 16.8 Å². The summed E-state index contributed by atoms with van der Waals surface area (Å²) < 4.78 is 37.7. The largest absolute Gasteiger partial charge is 0.497 e. The zero-order chi connectivity index (χ0) is 18.4. The number of hydrogen-bond donors (Lipinski definition) is 0. The van der Waals surface area contributed by atoms with Gasteiger partial charge in [0.2, 0.25) is 0 Å². The molecule has 0 amide bonds. The molecule has 0 saturated carbocycles. The Bertz CT molecular complexity index is 802. The van der Waals surface area contributed by atoms with E-state index in [0.29, 0.717) is 11.5 Å². The van der Waals surface area contributed by atoms with Crippen LogP contribution in [0.4, 0.5) is 0 Å². The molecule has 0 aromatic heterocycles. The molecule has 0 radical (unpaired) electrons. The van der Waals surface area contributed by atoms with Crippen molar-refractivity contribution in [3.63, 3.8) is 0 Å². The summed E-state index contributed by atoms with van der Waals surface area (Å²) >= 11 is 1.14. The number of nitrogens with zero attached hydrogens (tertiary/aromatic N) is 1. The lowest BCUT2D eigenvalue weighted by molar-refractivity contribution is 0.414. The second-order valence-corrected chi connectivity index (χ2v) is 8.27. The minimum atomic E-state index is -3.71. The Morgan fingerprint density at radius 2 is 1.48 bits per heavy atom. The second kappa shape index (κ2) is 8.42. The topological polar surface area (TPSA) is 55.8 Å². The Labute approximate surface area is 153 Å². The second-order valence-electron chi connectivity index (χ2n) is 5.18. The van der Waals surface area contributed by atoms with E-state index in [1.165, 1.54) is 23.0 Å². The van der Waals surface area contributed by atoms with Crippen molar-refractivity contribution in [1.29, 1.82) is 0 Å². The Morgan fingerprint density at radius 3 is 1.92 bits per heavy atom. The molecular formula is C18H21NO4S2. The average molecular weight is 380 g/mol. The molecule has 2 rings (SSSR count). The van der Waals surface area contributed by atoms with E-state index in [-0.39, 0.29) is 10.9 Å². The molecule has 25 heavy (non-hydrogen) atoms. The van der Waals surface area contributed by atoms with Gasteiger partial charge in [-0.25, -0.2) is 8.42 Å². The Balaban J connectivity index is 2.35. The lowest BCUT2D eigenvalue weighted by Crippen LogP contribution is -2.31. The van der Waals surface area contributed by atoms with Gasteiger partial charge in [-0.05, 0) is 67.4 Å². The smallest absolute Gasteiger partial charge is 0.253 e. The van der Waals surface area contributed by atoms with Crippen molar-refractivity contribution in [2.75, 3.05) is 14.2 Å². The van der Waals surface area contributed by atoms with Crippen LogP contribution in [0.15, 0.2) is 71.0 Å².